The summed E-state index contributed by atoms with van der Waals surface area (Å²) in [5.41, 5.74) is 0.570. The second-order valence-electron chi connectivity index (χ2n) is 6.03. The van der Waals surface area contributed by atoms with E-state index in [1.165, 1.54) is 25.2 Å². The lowest BCUT2D eigenvalue weighted by Gasteiger charge is -2.12. The summed E-state index contributed by atoms with van der Waals surface area (Å²) in [4.78, 5) is 12.2. The second-order valence-corrected chi connectivity index (χ2v) is 9.47. The van der Waals surface area contributed by atoms with E-state index in [2.05, 4.69) is 10.0 Å². The SMILES string of the molecule is CNS(=O)(=O)c1ccc(S(=O)(=O)Oc2ccccc2C(=O)Nc2ccccc2)cc1. The zero-order valence-corrected chi connectivity index (χ0v) is 17.4. The molecule has 0 aliphatic heterocycles. The van der Waals surface area contributed by atoms with Gasteiger partial charge in [-0.2, -0.15) is 8.42 Å². The first kappa shape index (κ1) is 21.5. The summed E-state index contributed by atoms with van der Waals surface area (Å²) in [5.74, 6) is -0.694. The van der Waals surface area contributed by atoms with Crippen LogP contribution in [0.1, 0.15) is 10.4 Å². The third-order valence-electron chi connectivity index (χ3n) is 4.05. The fourth-order valence-corrected chi connectivity index (χ4v) is 4.19. The number of sulfonamides is 1. The molecule has 3 rings (SSSR count). The van der Waals surface area contributed by atoms with Gasteiger partial charge < -0.3 is 9.50 Å². The lowest BCUT2D eigenvalue weighted by Crippen LogP contribution is -2.19. The van der Waals surface area contributed by atoms with E-state index in [1.807, 2.05) is 0 Å². The van der Waals surface area contributed by atoms with Crippen molar-refractivity contribution in [3.8, 4) is 5.75 Å². The maximum absolute atomic E-state index is 12.6. The standard InChI is InChI=1S/C20H18N2O6S2/c1-21-29(24,25)16-11-13-17(14-12-16)30(26,27)28-19-10-6-5-9-18(19)20(23)22-15-7-3-2-4-8-15/h2-14,21H,1H3,(H,22,23). The second kappa shape index (κ2) is 8.66. The topological polar surface area (TPSA) is 119 Å². The van der Waals surface area contributed by atoms with E-state index in [-0.39, 0.29) is 21.1 Å². The minimum absolute atomic E-state index is 0.0271. The lowest BCUT2D eigenvalue weighted by atomic mass is 10.2. The van der Waals surface area contributed by atoms with Gasteiger partial charge in [-0.1, -0.05) is 30.3 Å². The Bertz CT molecular complexity index is 1260. The fourth-order valence-electron chi connectivity index (χ4n) is 2.52. The first-order valence-corrected chi connectivity index (χ1v) is 11.6. The molecule has 1 amide bonds. The number of hydrogen-bond acceptors (Lipinski definition) is 6. The van der Waals surface area contributed by atoms with Crippen LogP contribution < -0.4 is 14.2 Å². The van der Waals surface area contributed by atoms with Crippen LogP contribution in [0.5, 0.6) is 5.75 Å². The molecule has 10 heteroatoms. The monoisotopic (exact) mass is 446 g/mol. The zero-order chi connectivity index (χ0) is 21.8. The minimum atomic E-state index is -4.31. The van der Waals surface area contributed by atoms with Crippen LogP contribution in [-0.4, -0.2) is 29.8 Å². The van der Waals surface area contributed by atoms with Crippen molar-refractivity contribution in [1.29, 1.82) is 0 Å². The molecule has 0 aliphatic carbocycles. The van der Waals surface area contributed by atoms with Crippen molar-refractivity contribution in [3.63, 3.8) is 0 Å². The number of carbonyl (C=O) groups is 1. The van der Waals surface area contributed by atoms with E-state index in [0.717, 1.165) is 24.3 Å². The Morgan fingerprint density at radius 2 is 1.33 bits per heavy atom. The van der Waals surface area contributed by atoms with Gasteiger partial charge in [-0.25, -0.2) is 13.1 Å². The van der Waals surface area contributed by atoms with Crippen LogP contribution in [0.25, 0.3) is 0 Å². The van der Waals surface area contributed by atoms with E-state index in [4.69, 9.17) is 4.18 Å². The van der Waals surface area contributed by atoms with Crippen LogP contribution in [0.4, 0.5) is 5.69 Å². The molecule has 0 unspecified atom stereocenters. The Morgan fingerprint density at radius 1 is 0.767 bits per heavy atom. The van der Waals surface area contributed by atoms with Crippen molar-refractivity contribution < 1.29 is 25.8 Å². The third-order valence-corrected chi connectivity index (χ3v) is 6.73. The highest BCUT2D eigenvalue weighted by Gasteiger charge is 2.22. The van der Waals surface area contributed by atoms with Crippen LogP contribution >= 0.6 is 0 Å². The van der Waals surface area contributed by atoms with E-state index in [9.17, 15) is 21.6 Å². The highest BCUT2D eigenvalue weighted by atomic mass is 32.2. The van der Waals surface area contributed by atoms with Crippen molar-refractivity contribution >= 4 is 31.7 Å². The number of benzene rings is 3. The van der Waals surface area contributed by atoms with Gasteiger partial charge >= 0.3 is 10.1 Å². The number of anilines is 1. The van der Waals surface area contributed by atoms with Gasteiger partial charge in [-0.15, -0.1) is 0 Å². The molecule has 0 spiro atoms. The summed E-state index contributed by atoms with van der Waals surface area (Å²) >= 11 is 0. The highest BCUT2D eigenvalue weighted by molar-refractivity contribution is 7.89. The molecule has 0 bridgehead atoms. The molecule has 3 aromatic carbocycles. The van der Waals surface area contributed by atoms with Crippen molar-refractivity contribution in [2.24, 2.45) is 0 Å². The number of rotatable bonds is 7. The predicted molar refractivity (Wildman–Crippen MR) is 111 cm³/mol. The summed E-state index contributed by atoms with van der Waals surface area (Å²) in [5, 5.41) is 2.67. The Hall–Kier alpha value is -3.21. The average molecular weight is 447 g/mol. The molecular formula is C20H18N2O6S2. The Kier molecular flexibility index (Phi) is 6.20. The first-order chi connectivity index (χ1) is 14.2. The molecular weight excluding hydrogens is 428 g/mol. The van der Waals surface area contributed by atoms with E-state index in [1.54, 1.807) is 36.4 Å². The molecule has 0 fully saturated rings. The summed E-state index contributed by atoms with van der Waals surface area (Å²) in [6.45, 7) is 0. The maximum atomic E-state index is 12.6. The van der Waals surface area contributed by atoms with Gasteiger partial charge in [0.2, 0.25) is 10.0 Å². The van der Waals surface area contributed by atoms with Crippen LogP contribution in [0.3, 0.4) is 0 Å². The Labute approximate surface area is 174 Å². The van der Waals surface area contributed by atoms with Gasteiger partial charge in [0.25, 0.3) is 5.91 Å². The van der Waals surface area contributed by atoms with E-state index >= 15 is 0 Å². The number of hydrogen-bond donors (Lipinski definition) is 2. The van der Waals surface area contributed by atoms with Gasteiger partial charge in [-0.05, 0) is 55.6 Å². The molecule has 30 heavy (non-hydrogen) atoms. The molecule has 0 aliphatic rings. The molecule has 2 N–H and O–H groups in total. The van der Waals surface area contributed by atoms with Crippen LogP contribution in [0.15, 0.2) is 88.7 Å². The summed E-state index contributed by atoms with van der Waals surface area (Å²) < 4.78 is 56.2. The highest BCUT2D eigenvalue weighted by Crippen LogP contribution is 2.25. The normalized spacial score (nSPS) is 11.6. The third kappa shape index (κ3) is 4.85. The molecule has 0 atom stereocenters. The quantitative estimate of drug-likeness (QED) is 0.539. The van der Waals surface area contributed by atoms with Crippen LogP contribution in [-0.2, 0) is 20.1 Å². The lowest BCUT2D eigenvalue weighted by molar-refractivity contribution is 0.102. The zero-order valence-electron chi connectivity index (χ0n) is 15.8. The van der Waals surface area contributed by atoms with Gasteiger partial charge in [-0.3, -0.25) is 4.79 Å². The maximum Gasteiger partial charge on any atom is 0.339 e. The van der Waals surface area contributed by atoms with E-state index < -0.39 is 26.0 Å². The van der Waals surface area contributed by atoms with Gasteiger partial charge in [0.05, 0.1) is 10.5 Å². The summed E-state index contributed by atoms with van der Waals surface area (Å²) in [6.07, 6.45) is 0. The van der Waals surface area contributed by atoms with Gasteiger partial charge in [0, 0.05) is 5.69 Å². The number of para-hydroxylation sites is 2. The first-order valence-electron chi connectivity index (χ1n) is 8.66. The van der Waals surface area contributed by atoms with Gasteiger partial charge in [0.1, 0.15) is 4.90 Å². The molecule has 0 saturated carbocycles. The van der Waals surface area contributed by atoms with Crippen LogP contribution in [0.2, 0.25) is 0 Å². The molecule has 0 heterocycles. The summed E-state index contributed by atoms with van der Waals surface area (Å²) in [7, 11) is -6.76. The van der Waals surface area contributed by atoms with Gasteiger partial charge in [0.15, 0.2) is 5.75 Å². The molecule has 156 valence electrons. The van der Waals surface area contributed by atoms with Crippen molar-refractivity contribution in [2.45, 2.75) is 9.79 Å². The molecule has 8 nitrogen and oxygen atoms in total. The average Bonchev–Trinajstić information content (AvgIpc) is 2.74. The molecule has 0 aromatic heterocycles. The van der Waals surface area contributed by atoms with Crippen molar-refractivity contribution in [1.82, 2.24) is 4.72 Å². The largest absolute Gasteiger partial charge is 0.378 e. The number of amides is 1. The number of carbonyl (C=O) groups excluding carboxylic acids is 1. The van der Waals surface area contributed by atoms with Crippen LogP contribution in [0, 0.1) is 0 Å². The van der Waals surface area contributed by atoms with Crippen molar-refractivity contribution in [2.75, 3.05) is 12.4 Å². The van der Waals surface area contributed by atoms with Crippen molar-refractivity contribution in [3.05, 3.63) is 84.4 Å². The molecule has 0 saturated heterocycles. The Balaban J connectivity index is 1.86. The summed E-state index contributed by atoms with van der Waals surface area (Å²) in [6, 6.07) is 19.1. The fraction of sp³-hybridized carbons (Fsp3) is 0.0500. The van der Waals surface area contributed by atoms with E-state index in [0.29, 0.717) is 5.69 Å². The smallest absolute Gasteiger partial charge is 0.339 e. The Morgan fingerprint density at radius 3 is 1.97 bits per heavy atom. The molecule has 3 aromatic rings. The molecule has 0 radical (unpaired) electrons. The minimum Gasteiger partial charge on any atom is -0.378 e. The predicted octanol–water partition coefficient (Wildman–Crippen LogP) is 2.61. The number of nitrogens with one attached hydrogen (secondary N) is 2.